The molecule has 0 radical (unpaired) electrons. The van der Waals surface area contributed by atoms with Gasteiger partial charge in [0.05, 0.1) is 12.5 Å². The molecular weight excluding hydrogens is 484 g/mol. The molecule has 1 aromatic carbocycles. The van der Waals surface area contributed by atoms with Crippen LogP contribution in [0.15, 0.2) is 35.5 Å². The number of carbonyl (C=O) groups excluding carboxylic acids is 2. The maximum atomic E-state index is 13.2. The van der Waals surface area contributed by atoms with Crippen LogP contribution in [-0.2, 0) is 15.3 Å². The van der Waals surface area contributed by atoms with E-state index in [1.54, 1.807) is 11.8 Å². The van der Waals surface area contributed by atoms with Crippen molar-refractivity contribution in [2.75, 3.05) is 31.1 Å². The van der Waals surface area contributed by atoms with E-state index in [0.717, 1.165) is 28.8 Å². The number of thioether (sulfide) groups is 1. The van der Waals surface area contributed by atoms with E-state index in [9.17, 15) is 9.59 Å². The smallest absolute Gasteiger partial charge is 0.309 e. The van der Waals surface area contributed by atoms with Crippen LogP contribution in [0.5, 0.6) is 0 Å². The molecule has 2 aliphatic heterocycles. The first-order chi connectivity index (χ1) is 17.9. The topological polar surface area (TPSA) is 75.6 Å². The Morgan fingerprint density at radius 1 is 1.08 bits per heavy atom. The van der Waals surface area contributed by atoms with Crippen molar-refractivity contribution in [3.8, 4) is 0 Å². The number of hydrogen-bond acceptors (Lipinski definition) is 7. The van der Waals surface area contributed by atoms with Crippen LogP contribution in [0.2, 0.25) is 0 Å². The molecule has 7 nitrogen and oxygen atoms in total. The van der Waals surface area contributed by atoms with Gasteiger partial charge in [-0.3, -0.25) is 9.59 Å². The third kappa shape index (κ3) is 7.03. The Morgan fingerprint density at radius 2 is 1.86 bits per heavy atom. The molecule has 3 heterocycles. The molecule has 1 aromatic heterocycles. The number of amides is 1. The molecule has 0 unspecified atom stereocenters. The summed E-state index contributed by atoms with van der Waals surface area (Å²) < 4.78 is 5.15. The predicted octanol–water partition coefficient (Wildman–Crippen LogP) is 5.69. The molecule has 1 atom stereocenters. The number of anilines is 1. The number of likely N-dealkylation sites (tertiary alicyclic amines) is 1. The lowest BCUT2D eigenvalue weighted by molar-refractivity contribution is -0.149. The Balaban J connectivity index is 1.41. The van der Waals surface area contributed by atoms with Crippen molar-refractivity contribution in [1.29, 1.82) is 0 Å². The number of esters is 1. The number of hydrogen-bond donors (Lipinski definition) is 0. The highest BCUT2D eigenvalue weighted by Gasteiger charge is 2.29. The number of benzene rings is 1. The van der Waals surface area contributed by atoms with Crippen LogP contribution in [0.4, 0.5) is 5.82 Å². The Bertz CT molecular complexity index is 1080. The molecule has 2 saturated heterocycles. The first-order valence-electron chi connectivity index (χ1n) is 13.7. The Labute approximate surface area is 225 Å². The molecule has 0 saturated carbocycles. The van der Waals surface area contributed by atoms with Gasteiger partial charge in [0.15, 0.2) is 5.16 Å². The molecule has 0 spiro atoms. The minimum Gasteiger partial charge on any atom is -0.466 e. The molecule has 4 rings (SSSR count). The molecule has 0 aliphatic carbocycles. The largest absolute Gasteiger partial charge is 0.466 e. The van der Waals surface area contributed by atoms with Crippen LogP contribution in [-0.4, -0.2) is 59.0 Å². The van der Waals surface area contributed by atoms with Crippen molar-refractivity contribution >= 4 is 29.5 Å². The fourth-order valence-electron chi connectivity index (χ4n) is 5.08. The van der Waals surface area contributed by atoms with Crippen molar-refractivity contribution in [2.45, 2.75) is 82.7 Å². The zero-order valence-corrected chi connectivity index (χ0v) is 23.4. The normalized spacial score (nSPS) is 18.8. The summed E-state index contributed by atoms with van der Waals surface area (Å²) in [6, 6.07) is 10.5. The van der Waals surface area contributed by atoms with Crippen molar-refractivity contribution in [2.24, 2.45) is 5.92 Å². The quantitative estimate of drug-likeness (QED) is 0.250. The molecule has 0 bridgehead atoms. The summed E-state index contributed by atoms with van der Waals surface area (Å²) in [5.41, 5.74) is 2.83. The number of aromatic nitrogens is 2. The standard InChI is InChI=1S/C29H40N4O3S/c1-5-36-28(35)23-12-15-32(16-13-23)27(34)24-11-8-10-22(17-24)19-37-29-30-25(20(2)3)18-26(31-29)33-14-7-6-9-21(33)4/h8,10-11,17-18,20-21,23H,5-7,9,12-16,19H2,1-4H3/t21-/m0/s1. The van der Waals surface area contributed by atoms with Crippen LogP contribution in [0.25, 0.3) is 0 Å². The van der Waals surface area contributed by atoms with Crippen LogP contribution in [0, 0.1) is 5.92 Å². The summed E-state index contributed by atoms with van der Waals surface area (Å²) in [6.07, 6.45) is 4.99. The van der Waals surface area contributed by atoms with Gasteiger partial charge in [-0.2, -0.15) is 0 Å². The first kappa shape index (κ1) is 27.4. The number of ether oxygens (including phenoxy) is 1. The molecule has 2 fully saturated rings. The van der Waals surface area contributed by atoms with Gasteiger partial charge in [0.2, 0.25) is 0 Å². The number of nitrogens with zero attached hydrogens (tertiary/aromatic N) is 4. The summed E-state index contributed by atoms with van der Waals surface area (Å²) in [7, 11) is 0. The highest BCUT2D eigenvalue weighted by atomic mass is 32.2. The molecule has 1 amide bonds. The summed E-state index contributed by atoms with van der Waals surface area (Å²) in [5.74, 6) is 1.83. The molecule has 2 aromatic rings. The third-order valence-electron chi connectivity index (χ3n) is 7.34. The molecule has 200 valence electrons. The van der Waals surface area contributed by atoms with E-state index >= 15 is 0 Å². The van der Waals surface area contributed by atoms with Gasteiger partial charge in [-0.1, -0.05) is 37.7 Å². The average molecular weight is 525 g/mol. The van der Waals surface area contributed by atoms with Gasteiger partial charge in [0, 0.05) is 48.8 Å². The van der Waals surface area contributed by atoms with Crippen LogP contribution >= 0.6 is 11.8 Å². The van der Waals surface area contributed by atoms with E-state index in [1.807, 2.05) is 30.0 Å². The van der Waals surface area contributed by atoms with E-state index in [1.165, 1.54) is 19.3 Å². The monoisotopic (exact) mass is 524 g/mol. The summed E-state index contributed by atoms with van der Waals surface area (Å²) in [6.45, 7) is 11.0. The second kappa shape index (κ2) is 12.8. The van der Waals surface area contributed by atoms with Crippen molar-refractivity contribution < 1.29 is 14.3 Å². The number of piperidine rings is 2. The fourth-order valence-corrected chi connectivity index (χ4v) is 5.88. The van der Waals surface area contributed by atoms with Gasteiger partial charge in [0.1, 0.15) is 5.82 Å². The minimum atomic E-state index is -0.143. The van der Waals surface area contributed by atoms with Gasteiger partial charge in [-0.15, -0.1) is 0 Å². The van der Waals surface area contributed by atoms with E-state index in [2.05, 4.69) is 37.8 Å². The van der Waals surface area contributed by atoms with Gasteiger partial charge in [-0.25, -0.2) is 9.97 Å². The fraction of sp³-hybridized carbons (Fsp3) is 0.586. The number of rotatable bonds is 8. The molecular formula is C29H40N4O3S. The third-order valence-corrected chi connectivity index (χ3v) is 8.26. The van der Waals surface area contributed by atoms with E-state index in [4.69, 9.17) is 14.7 Å². The van der Waals surface area contributed by atoms with Gasteiger partial charge in [0.25, 0.3) is 5.91 Å². The zero-order valence-electron chi connectivity index (χ0n) is 22.6. The summed E-state index contributed by atoms with van der Waals surface area (Å²) in [5, 5.41) is 0.789. The lowest BCUT2D eigenvalue weighted by Gasteiger charge is -2.34. The lowest BCUT2D eigenvalue weighted by Crippen LogP contribution is -2.40. The second-order valence-corrected chi connectivity index (χ2v) is 11.4. The highest BCUT2D eigenvalue weighted by Crippen LogP contribution is 2.29. The maximum absolute atomic E-state index is 13.2. The minimum absolute atomic E-state index is 0.0218. The summed E-state index contributed by atoms with van der Waals surface area (Å²) in [4.78, 5) is 39.2. The van der Waals surface area contributed by atoms with Gasteiger partial charge in [-0.05, 0) is 69.6 Å². The van der Waals surface area contributed by atoms with Crippen LogP contribution in [0.3, 0.4) is 0 Å². The van der Waals surface area contributed by atoms with Crippen molar-refractivity contribution in [3.63, 3.8) is 0 Å². The van der Waals surface area contributed by atoms with E-state index in [-0.39, 0.29) is 17.8 Å². The van der Waals surface area contributed by atoms with Crippen molar-refractivity contribution in [3.05, 3.63) is 47.2 Å². The molecule has 8 heteroatoms. The van der Waals surface area contributed by atoms with Gasteiger partial charge >= 0.3 is 5.97 Å². The van der Waals surface area contributed by atoms with Gasteiger partial charge < -0.3 is 14.5 Å². The van der Waals surface area contributed by atoms with E-state index in [0.29, 0.717) is 55.8 Å². The second-order valence-electron chi connectivity index (χ2n) is 10.4. The van der Waals surface area contributed by atoms with Crippen LogP contribution in [0.1, 0.15) is 87.3 Å². The first-order valence-corrected chi connectivity index (χ1v) is 14.7. The number of carbonyl (C=O) groups is 2. The van der Waals surface area contributed by atoms with E-state index < -0.39 is 0 Å². The van der Waals surface area contributed by atoms with Crippen molar-refractivity contribution in [1.82, 2.24) is 14.9 Å². The molecule has 2 aliphatic rings. The molecule has 37 heavy (non-hydrogen) atoms. The highest BCUT2D eigenvalue weighted by molar-refractivity contribution is 7.98. The van der Waals surface area contributed by atoms with Crippen LogP contribution < -0.4 is 4.90 Å². The Kier molecular flexibility index (Phi) is 9.46. The lowest BCUT2D eigenvalue weighted by atomic mass is 9.96. The Morgan fingerprint density at radius 3 is 2.57 bits per heavy atom. The maximum Gasteiger partial charge on any atom is 0.309 e. The Hall–Kier alpha value is -2.61. The predicted molar refractivity (Wildman–Crippen MR) is 148 cm³/mol. The summed E-state index contributed by atoms with van der Waals surface area (Å²) >= 11 is 1.62. The average Bonchev–Trinajstić information content (AvgIpc) is 2.92. The zero-order chi connectivity index (χ0) is 26.4. The SMILES string of the molecule is CCOC(=O)C1CCN(C(=O)c2cccc(CSc3nc(C(C)C)cc(N4CCCC[C@@H]4C)n3)c2)CC1. The molecule has 0 N–H and O–H groups in total.